The molecule has 0 saturated heterocycles. The van der Waals surface area contributed by atoms with Crippen molar-refractivity contribution in [1.29, 1.82) is 0 Å². The third-order valence-corrected chi connectivity index (χ3v) is 8.45. The van der Waals surface area contributed by atoms with Crippen LogP contribution in [0.2, 0.25) is 0 Å². The number of ether oxygens (including phenoxy) is 1. The fraction of sp³-hybridized carbons (Fsp3) is 0.105. The Morgan fingerprint density at radius 3 is 2.38 bits per heavy atom. The summed E-state index contributed by atoms with van der Waals surface area (Å²) >= 11 is 3.24. The van der Waals surface area contributed by atoms with Crippen molar-refractivity contribution < 1.29 is 26.0 Å². The van der Waals surface area contributed by atoms with Crippen LogP contribution in [-0.4, -0.2) is 29.0 Å². The molecule has 10 heteroatoms. The number of halogens is 1. The van der Waals surface area contributed by atoms with Gasteiger partial charge in [-0.05, 0) is 48.0 Å². The largest absolute Gasteiger partial charge is 0.497 e. The summed E-state index contributed by atoms with van der Waals surface area (Å²) in [7, 11) is -7.12. The topological polar surface area (TPSA) is 108 Å². The van der Waals surface area contributed by atoms with Gasteiger partial charge >= 0.3 is 5.63 Å². The molecule has 7 nitrogen and oxygen atoms in total. The van der Waals surface area contributed by atoms with Crippen molar-refractivity contribution in [3.8, 4) is 5.75 Å². The second-order valence-corrected chi connectivity index (χ2v) is 11.2. The highest BCUT2D eigenvalue weighted by Gasteiger charge is 2.26. The molecule has 3 aromatic rings. The molecule has 1 heterocycles. The molecule has 152 valence electrons. The monoisotopic (exact) mass is 498 g/mol. The number of hydrogen-bond donors (Lipinski definition) is 0. The highest BCUT2D eigenvalue weighted by atomic mass is 79.9. The molecule has 2 aromatic carbocycles. The van der Waals surface area contributed by atoms with Crippen LogP contribution in [-0.2, 0) is 19.7 Å². The van der Waals surface area contributed by atoms with Gasteiger partial charge in [0.05, 0.1) is 7.11 Å². The highest BCUT2D eigenvalue weighted by Crippen LogP contribution is 2.22. The van der Waals surface area contributed by atoms with E-state index < -0.39 is 35.3 Å². The van der Waals surface area contributed by atoms with Gasteiger partial charge in [-0.25, -0.2) is 21.6 Å². The summed E-state index contributed by atoms with van der Waals surface area (Å²) in [5.74, 6) is 0.599. The first-order valence-electron chi connectivity index (χ1n) is 8.11. The second-order valence-electron chi connectivity index (χ2n) is 6.05. The number of benzene rings is 2. The zero-order valence-corrected chi connectivity index (χ0v) is 18.3. The first-order chi connectivity index (χ1) is 13.6. The standard InChI is InChI=1S/C19H15BrO7S2/c1-26-16-5-2-13(3-6-16)8-9-28(22,23)12-29(24,25)18-11-14-10-15(20)4-7-17(14)27-19(18)21/h2-11H,12H2,1H3/b9-8-. The molecular weight excluding hydrogens is 484 g/mol. The maximum Gasteiger partial charge on any atom is 0.355 e. The summed E-state index contributed by atoms with van der Waals surface area (Å²) in [4.78, 5) is 11.4. The van der Waals surface area contributed by atoms with Crippen molar-refractivity contribution in [3.63, 3.8) is 0 Å². The lowest BCUT2D eigenvalue weighted by molar-refractivity contribution is 0.415. The fourth-order valence-corrected chi connectivity index (χ4v) is 6.41. The van der Waals surface area contributed by atoms with Crippen LogP contribution < -0.4 is 10.4 Å². The van der Waals surface area contributed by atoms with Crippen LogP contribution >= 0.6 is 15.9 Å². The van der Waals surface area contributed by atoms with Gasteiger partial charge < -0.3 is 9.15 Å². The lowest BCUT2D eigenvalue weighted by Crippen LogP contribution is -2.21. The SMILES string of the molecule is COc1ccc(/C=C\S(=O)(=O)CS(=O)(=O)c2cc3cc(Br)ccc3oc2=O)cc1. The van der Waals surface area contributed by atoms with Gasteiger partial charge in [0.1, 0.15) is 11.3 Å². The van der Waals surface area contributed by atoms with Gasteiger partial charge in [-0.2, -0.15) is 0 Å². The third kappa shape index (κ3) is 5.14. The molecule has 0 radical (unpaired) electrons. The van der Waals surface area contributed by atoms with E-state index in [1.165, 1.54) is 19.3 Å². The molecule has 1 aromatic heterocycles. The Morgan fingerprint density at radius 1 is 1.03 bits per heavy atom. The van der Waals surface area contributed by atoms with Crippen LogP contribution in [0.25, 0.3) is 17.0 Å². The molecule has 3 rings (SSSR count). The smallest absolute Gasteiger partial charge is 0.355 e. The molecule has 0 fully saturated rings. The Kier molecular flexibility index (Phi) is 5.97. The zero-order valence-electron chi connectivity index (χ0n) is 15.0. The minimum absolute atomic E-state index is 0.194. The molecule has 0 aliphatic rings. The molecule has 0 N–H and O–H groups in total. The summed E-state index contributed by atoms with van der Waals surface area (Å²) in [5, 5.41) is -0.105. The number of fused-ring (bicyclic) bond motifs is 1. The van der Waals surface area contributed by atoms with Gasteiger partial charge in [-0.15, -0.1) is 0 Å². The molecule has 0 atom stereocenters. The average Bonchev–Trinajstić information content (AvgIpc) is 2.65. The lowest BCUT2D eigenvalue weighted by atomic mass is 10.2. The van der Waals surface area contributed by atoms with Crippen LogP contribution in [0.15, 0.2) is 72.5 Å². The quantitative estimate of drug-likeness (QED) is 0.479. The van der Waals surface area contributed by atoms with Gasteiger partial charge in [-0.3, -0.25) is 0 Å². The van der Waals surface area contributed by atoms with Crippen LogP contribution in [0.5, 0.6) is 5.75 Å². The maximum absolute atomic E-state index is 12.6. The highest BCUT2D eigenvalue weighted by molar-refractivity contribution is 9.10. The maximum atomic E-state index is 12.6. The number of methoxy groups -OCH3 is 1. The van der Waals surface area contributed by atoms with Crippen LogP contribution in [0.3, 0.4) is 0 Å². The predicted molar refractivity (Wildman–Crippen MR) is 113 cm³/mol. The Hall–Kier alpha value is -2.43. The van der Waals surface area contributed by atoms with Crippen LogP contribution in [0.1, 0.15) is 5.56 Å². The first kappa shape index (κ1) is 21.3. The Morgan fingerprint density at radius 2 is 1.72 bits per heavy atom. The van der Waals surface area contributed by atoms with Crippen molar-refractivity contribution in [2.24, 2.45) is 0 Å². The van der Waals surface area contributed by atoms with Gasteiger partial charge in [0, 0.05) is 15.3 Å². The molecule has 0 aliphatic carbocycles. The van der Waals surface area contributed by atoms with Crippen molar-refractivity contribution in [3.05, 3.63) is 74.4 Å². The fourth-order valence-electron chi connectivity index (χ4n) is 2.51. The second kappa shape index (κ2) is 8.13. The normalized spacial score (nSPS) is 12.5. The van der Waals surface area contributed by atoms with E-state index in [2.05, 4.69) is 15.9 Å². The van der Waals surface area contributed by atoms with E-state index in [1.807, 2.05) is 0 Å². The molecule has 0 bridgehead atoms. The van der Waals surface area contributed by atoms with Crippen molar-refractivity contribution >= 4 is 52.6 Å². The van der Waals surface area contributed by atoms with Gasteiger partial charge in [-0.1, -0.05) is 28.1 Å². The third-order valence-electron chi connectivity index (χ3n) is 3.90. The van der Waals surface area contributed by atoms with Crippen LogP contribution in [0.4, 0.5) is 0 Å². The Labute approximate surface area is 175 Å². The number of rotatable bonds is 6. The lowest BCUT2D eigenvalue weighted by Gasteiger charge is -2.04. The number of sulfone groups is 2. The minimum Gasteiger partial charge on any atom is -0.497 e. The molecule has 0 spiro atoms. The first-order valence-corrected chi connectivity index (χ1v) is 12.3. The van der Waals surface area contributed by atoms with Crippen LogP contribution in [0, 0.1) is 0 Å². The van der Waals surface area contributed by atoms with E-state index in [9.17, 15) is 21.6 Å². The minimum atomic E-state index is -4.45. The van der Waals surface area contributed by atoms with E-state index in [-0.39, 0.29) is 5.58 Å². The molecule has 29 heavy (non-hydrogen) atoms. The Bertz CT molecular complexity index is 1350. The molecular formula is C19H15BrO7S2. The van der Waals surface area contributed by atoms with Crippen molar-refractivity contribution in [2.75, 3.05) is 12.2 Å². The zero-order chi connectivity index (χ0) is 21.2. The van der Waals surface area contributed by atoms with Crippen molar-refractivity contribution in [1.82, 2.24) is 0 Å². The summed E-state index contributed by atoms with van der Waals surface area (Å²) in [6.07, 6.45) is 1.27. The van der Waals surface area contributed by atoms with E-state index in [0.717, 1.165) is 11.5 Å². The molecule has 0 saturated carbocycles. The summed E-state index contributed by atoms with van der Waals surface area (Å²) in [6, 6.07) is 12.3. The van der Waals surface area contributed by atoms with Gasteiger partial charge in [0.25, 0.3) is 0 Å². The Balaban J connectivity index is 1.91. The molecule has 0 aliphatic heterocycles. The van der Waals surface area contributed by atoms with Gasteiger partial charge in [0.15, 0.2) is 29.7 Å². The predicted octanol–water partition coefficient (Wildman–Crippen LogP) is 3.38. The molecule has 0 unspecified atom stereocenters. The van der Waals surface area contributed by atoms with Crippen molar-refractivity contribution in [2.45, 2.75) is 4.90 Å². The summed E-state index contributed by atoms with van der Waals surface area (Å²) < 4.78 is 60.5. The number of hydrogen-bond acceptors (Lipinski definition) is 7. The molecule has 0 amide bonds. The van der Waals surface area contributed by atoms with Gasteiger partial charge in [0.2, 0.25) is 0 Å². The van der Waals surface area contributed by atoms with E-state index in [1.54, 1.807) is 36.4 Å². The van der Waals surface area contributed by atoms with E-state index in [0.29, 0.717) is 21.2 Å². The average molecular weight is 499 g/mol. The van der Waals surface area contributed by atoms with E-state index in [4.69, 9.17) is 9.15 Å². The van der Waals surface area contributed by atoms with E-state index >= 15 is 0 Å². The summed E-state index contributed by atoms with van der Waals surface area (Å²) in [5.41, 5.74) is -0.379. The summed E-state index contributed by atoms with van der Waals surface area (Å²) in [6.45, 7) is 0.